The molecule has 0 aliphatic rings. The van der Waals surface area contributed by atoms with Crippen LogP contribution < -0.4 is 0 Å². The molecule has 0 heterocycles. The van der Waals surface area contributed by atoms with Gasteiger partial charge in [-0.15, -0.1) is 0 Å². The van der Waals surface area contributed by atoms with Crippen molar-refractivity contribution in [1.29, 1.82) is 0 Å². The third-order valence-corrected chi connectivity index (χ3v) is 1.11. The second-order valence-corrected chi connectivity index (χ2v) is 1.98. The summed E-state index contributed by atoms with van der Waals surface area (Å²) in [6, 6.07) is 0. The molecule has 4 heteroatoms. The molecule has 0 N–H and O–H groups in total. The first-order valence-corrected chi connectivity index (χ1v) is 3.29. The van der Waals surface area contributed by atoms with E-state index in [2.05, 4.69) is 9.98 Å². The highest BCUT2D eigenvalue weighted by Gasteiger charge is 2.01. The van der Waals surface area contributed by atoms with Crippen molar-refractivity contribution < 1.29 is 19.3 Å². The van der Waals surface area contributed by atoms with E-state index in [0.29, 0.717) is 0 Å². The summed E-state index contributed by atoms with van der Waals surface area (Å²) in [6.07, 6.45) is 2.90. The lowest BCUT2D eigenvalue weighted by Crippen LogP contribution is -2.00. The van der Waals surface area contributed by atoms with Crippen molar-refractivity contribution >= 4 is 5.97 Å². The molecular weight excluding hydrogens is 139 g/mol. The summed E-state index contributed by atoms with van der Waals surface area (Å²) in [5.41, 5.74) is 0. The van der Waals surface area contributed by atoms with Crippen molar-refractivity contribution in [2.45, 2.75) is 32.6 Å². The fourth-order valence-electron chi connectivity index (χ4n) is 0.596. The third-order valence-electron chi connectivity index (χ3n) is 1.11. The molecule has 0 aliphatic carbocycles. The Morgan fingerprint density at radius 1 is 1.50 bits per heavy atom. The number of hydrogen-bond donors (Lipinski definition) is 0. The van der Waals surface area contributed by atoms with Gasteiger partial charge in [0.25, 0.3) is 0 Å². The predicted molar refractivity (Wildman–Crippen MR) is 32.4 cm³/mol. The molecule has 0 aromatic rings. The standard InChI is InChI=1S/C6H11FO3/c1-2-3-4-5-6(8)9-10-7/h2-5H2,1H3. The van der Waals surface area contributed by atoms with Gasteiger partial charge in [0, 0.05) is 11.5 Å². The topological polar surface area (TPSA) is 35.5 Å². The van der Waals surface area contributed by atoms with Crippen LogP contribution in [-0.2, 0) is 14.8 Å². The zero-order chi connectivity index (χ0) is 7.82. The molecule has 0 radical (unpaired) electrons. The number of halogens is 1. The Bertz CT molecular complexity index is 95.0. The predicted octanol–water partition coefficient (Wildman–Crippen LogP) is 1.93. The van der Waals surface area contributed by atoms with Gasteiger partial charge in [0.15, 0.2) is 0 Å². The van der Waals surface area contributed by atoms with E-state index in [1.807, 2.05) is 6.92 Å². The Kier molecular flexibility index (Phi) is 6.06. The van der Waals surface area contributed by atoms with Gasteiger partial charge in [-0.1, -0.05) is 19.8 Å². The van der Waals surface area contributed by atoms with Crippen molar-refractivity contribution in [2.75, 3.05) is 0 Å². The Hall–Kier alpha value is -0.640. The Labute approximate surface area is 58.9 Å². The van der Waals surface area contributed by atoms with Gasteiger partial charge in [-0.2, -0.15) is 0 Å². The average molecular weight is 150 g/mol. The highest BCUT2D eigenvalue weighted by molar-refractivity contribution is 5.68. The van der Waals surface area contributed by atoms with E-state index in [9.17, 15) is 9.32 Å². The normalized spacial score (nSPS) is 9.40. The first-order valence-electron chi connectivity index (χ1n) is 3.29. The van der Waals surface area contributed by atoms with Gasteiger partial charge < -0.3 is 0 Å². The van der Waals surface area contributed by atoms with Crippen LogP contribution in [-0.4, -0.2) is 5.97 Å². The minimum Gasteiger partial charge on any atom is -0.265 e. The minimum absolute atomic E-state index is 0.220. The van der Waals surface area contributed by atoms with E-state index in [-0.39, 0.29) is 6.42 Å². The summed E-state index contributed by atoms with van der Waals surface area (Å²) in [6.45, 7) is 2.01. The first-order chi connectivity index (χ1) is 4.81. The van der Waals surface area contributed by atoms with Crippen molar-refractivity contribution in [3.8, 4) is 0 Å². The number of carbonyl (C=O) groups is 1. The van der Waals surface area contributed by atoms with Crippen LogP contribution in [0.3, 0.4) is 0 Å². The van der Waals surface area contributed by atoms with Crippen LogP contribution in [0.15, 0.2) is 0 Å². The molecule has 0 amide bonds. The summed E-state index contributed by atoms with van der Waals surface area (Å²) in [5, 5.41) is 2.68. The fraction of sp³-hybridized carbons (Fsp3) is 0.833. The molecule has 0 aromatic heterocycles. The summed E-state index contributed by atoms with van der Waals surface area (Å²) in [4.78, 5) is 13.9. The first kappa shape index (κ1) is 9.36. The molecule has 0 aliphatic heterocycles. The van der Waals surface area contributed by atoms with Crippen molar-refractivity contribution in [1.82, 2.24) is 0 Å². The lowest BCUT2D eigenvalue weighted by Gasteiger charge is -1.94. The van der Waals surface area contributed by atoms with Gasteiger partial charge in [-0.05, 0) is 10.9 Å². The van der Waals surface area contributed by atoms with Gasteiger partial charge in [0.05, 0.1) is 0 Å². The van der Waals surface area contributed by atoms with Crippen LogP contribution in [0.5, 0.6) is 0 Å². The SMILES string of the molecule is CCCCCC(=O)OOF. The number of rotatable bonds is 5. The van der Waals surface area contributed by atoms with Crippen LogP contribution in [0.2, 0.25) is 0 Å². The molecule has 10 heavy (non-hydrogen) atoms. The quantitative estimate of drug-likeness (QED) is 0.341. The molecular formula is C6H11FO3. The Morgan fingerprint density at radius 2 is 2.20 bits per heavy atom. The Balaban J connectivity index is 3.05. The maximum atomic E-state index is 10.8. The van der Waals surface area contributed by atoms with Crippen LogP contribution in [0, 0.1) is 0 Å². The second kappa shape index (κ2) is 6.48. The molecule has 0 spiro atoms. The summed E-state index contributed by atoms with van der Waals surface area (Å²) >= 11 is 0. The maximum absolute atomic E-state index is 10.8. The van der Waals surface area contributed by atoms with Gasteiger partial charge in [0.2, 0.25) is 0 Å². The van der Waals surface area contributed by atoms with Gasteiger partial charge >= 0.3 is 5.97 Å². The zero-order valence-electron chi connectivity index (χ0n) is 5.93. The van der Waals surface area contributed by atoms with E-state index in [1.54, 1.807) is 0 Å². The summed E-state index contributed by atoms with van der Waals surface area (Å²) in [5.74, 6) is -0.657. The zero-order valence-corrected chi connectivity index (χ0v) is 5.93. The Morgan fingerprint density at radius 3 is 2.70 bits per heavy atom. The number of hydrogen-bond acceptors (Lipinski definition) is 3. The average Bonchev–Trinajstić information content (AvgIpc) is 1.89. The molecule has 0 bridgehead atoms. The highest BCUT2D eigenvalue weighted by Crippen LogP contribution is 2.00. The van der Waals surface area contributed by atoms with Crippen LogP contribution >= 0.6 is 0 Å². The largest absolute Gasteiger partial charge is 0.345 e. The summed E-state index contributed by atoms with van der Waals surface area (Å²) in [7, 11) is 0. The van der Waals surface area contributed by atoms with Gasteiger partial charge in [0.1, 0.15) is 0 Å². The molecule has 0 saturated heterocycles. The molecule has 60 valence electrons. The maximum Gasteiger partial charge on any atom is 0.345 e. The number of unbranched alkanes of at least 4 members (excludes halogenated alkanes) is 2. The van der Waals surface area contributed by atoms with Crippen molar-refractivity contribution in [3.63, 3.8) is 0 Å². The molecule has 0 atom stereocenters. The number of carbonyl (C=O) groups excluding carboxylic acids is 1. The highest BCUT2D eigenvalue weighted by atomic mass is 19.3. The van der Waals surface area contributed by atoms with E-state index in [4.69, 9.17) is 0 Å². The van der Waals surface area contributed by atoms with E-state index >= 15 is 0 Å². The van der Waals surface area contributed by atoms with Crippen LogP contribution in [0.4, 0.5) is 4.53 Å². The summed E-state index contributed by atoms with van der Waals surface area (Å²) < 4.78 is 10.8. The van der Waals surface area contributed by atoms with Crippen molar-refractivity contribution in [3.05, 3.63) is 0 Å². The molecule has 0 saturated carbocycles. The van der Waals surface area contributed by atoms with E-state index in [0.717, 1.165) is 19.3 Å². The molecule has 3 nitrogen and oxygen atoms in total. The van der Waals surface area contributed by atoms with Crippen LogP contribution in [0.1, 0.15) is 32.6 Å². The molecule has 0 fully saturated rings. The van der Waals surface area contributed by atoms with Crippen LogP contribution in [0.25, 0.3) is 0 Å². The smallest absolute Gasteiger partial charge is 0.265 e. The molecule has 0 aromatic carbocycles. The molecule has 0 rings (SSSR count). The van der Waals surface area contributed by atoms with Gasteiger partial charge in [-0.25, -0.2) is 4.79 Å². The lowest BCUT2D eigenvalue weighted by atomic mass is 10.2. The van der Waals surface area contributed by atoms with E-state index < -0.39 is 5.97 Å². The minimum atomic E-state index is -0.657. The second-order valence-electron chi connectivity index (χ2n) is 1.98. The van der Waals surface area contributed by atoms with E-state index in [1.165, 1.54) is 0 Å². The van der Waals surface area contributed by atoms with Crippen molar-refractivity contribution in [2.24, 2.45) is 0 Å². The third kappa shape index (κ3) is 5.50. The fourth-order valence-corrected chi connectivity index (χ4v) is 0.596. The van der Waals surface area contributed by atoms with Gasteiger partial charge in [-0.3, -0.25) is 4.89 Å². The lowest BCUT2D eigenvalue weighted by molar-refractivity contribution is -0.399. The molecule has 0 unspecified atom stereocenters. The monoisotopic (exact) mass is 150 g/mol.